The predicted octanol–water partition coefficient (Wildman–Crippen LogP) is -1.87. The molecule has 0 unspecified atom stereocenters. The van der Waals surface area contributed by atoms with Crippen LogP contribution in [0.15, 0.2) is 36.4 Å². The molecule has 0 aromatic heterocycles. The molecule has 2 aliphatic heterocycles. The third-order valence-electron chi connectivity index (χ3n) is 9.22. The average Bonchev–Trinajstić information content (AvgIpc) is 3.46. The van der Waals surface area contributed by atoms with Crippen molar-refractivity contribution in [1.82, 2.24) is 29.8 Å². The lowest BCUT2D eigenvalue weighted by molar-refractivity contribution is -0.143. The van der Waals surface area contributed by atoms with E-state index in [4.69, 9.17) is 4.74 Å². The van der Waals surface area contributed by atoms with Gasteiger partial charge in [-0.2, -0.15) is 0 Å². The van der Waals surface area contributed by atoms with Gasteiger partial charge in [0.2, 0.25) is 5.91 Å². The largest absolute Gasteiger partial charge is 0.486 e. The van der Waals surface area contributed by atoms with Crippen molar-refractivity contribution in [2.24, 2.45) is 5.92 Å². The average molecular weight is 803 g/mol. The van der Waals surface area contributed by atoms with E-state index in [2.05, 4.69) is 5.32 Å². The molecule has 1 atom stereocenters. The Morgan fingerprint density at radius 2 is 1.11 bits per heavy atom. The van der Waals surface area contributed by atoms with Gasteiger partial charge in [0.1, 0.15) is 12.4 Å². The van der Waals surface area contributed by atoms with Crippen LogP contribution in [0, 0.1) is 5.92 Å². The maximum absolute atomic E-state index is 13.0. The molecule has 5 N–H and O–H groups in total. The van der Waals surface area contributed by atoms with Crippen molar-refractivity contribution < 1.29 is 68.3 Å². The molecule has 0 spiro atoms. The van der Waals surface area contributed by atoms with Crippen molar-refractivity contribution in [3.8, 4) is 5.75 Å². The highest BCUT2D eigenvalue weighted by atomic mass is 16.5. The molecule has 3 rings (SSSR count). The number of carboxylic acids is 4. The van der Waals surface area contributed by atoms with Crippen molar-refractivity contribution in [1.29, 1.82) is 0 Å². The molecule has 0 saturated carbocycles. The van der Waals surface area contributed by atoms with Crippen molar-refractivity contribution >= 4 is 53.2 Å². The van der Waals surface area contributed by atoms with Crippen LogP contribution in [0.2, 0.25) is 0 Å². The van der Waals surface area contributed by atoms with E-state index >= 15 is 0 Å². The lowest BCUT2D eigenvalue weighted by Crippen LogP contribution is -2.50. The number of nitrogens with zero attached hydrogens (tertiary/aromatic N) is 5. The van der Waals surface area contributed by atoms with Gasteiger partial charge in [0.15, 0.2) is 11.6 Å². The van der Waals surface area contributed by atoms with Gasteiger partial charge >= 0.3 is 23.9 Å². The lowest BCUT2D eigenvalue weighted by Gasteiger charge is -2.32. The second kappa shape index (κ2) is 23.5. The zero-order valence-corrected chi connectivity index (χ0v) is 31.6. The Hall–Kier alpha value is -5.57. The number of amides is 3. The minimum atomic E-state index is -1.21. The number of Topliss-reactive ketones (excluding diaryl/α,β-unsaturated/α-hetero) is 2. The Morgan fingerprint density at radius 1 is 0.649 bits per heavy atom. The first-order chi connectivity index (χ1) is 27.1. The normalized spacial score (nSPS) is 17.0. The van der Waals surface area contributed by atoms with Crippen molar-refractivity contribution in [2.45, 2.75) is 25.7 Å². The molecular formula is C37H50N6O14. The van der Waals surface area contributed by atoms with Crippen molar-refractivity contribution in [2.75, 3.05) is 98.2 Å². The number of ether oxygens (including phenoxy) is 1. The molecule has 0 bridgehead atoms. The molecule has 20 nitrogen and oxygen atoms in total. The molecule has 312 valence electrons. The van der Waals surface area contributed by atoms with Crippen LogP contribution in [0.25, 0.3) is 0 Å². The second-order valence-corrected chi connectivity index (χ2v) is 13.8. The highest BCUT2D eigenvalue weighted by Gasteiger charge is 2.25. The summed E-state index contributed by atoms with van der Waals surface area (Å²) < 4.78 is 5.51. The summed E-state index contributed by atoms with van der Waals surface area (Å²) in [4.78, 5) is 115. The molecule has 20 heteroatoms. The topological polar surface area (TPSA) is 272 Å². The standard InChI is InChI=1S/C37H50N6O14/c44-28(2-1-9-43-32(47)7-8-33(43)48)25-57-30-5-3-26(4-6-30)18-27(37(55)56)19-29(45)20-38-31(46)21-39-10-12-40(22-34(49)50)14-16-42(24-36(53)54)17-15-41(13-11-39)23-35(51)52/h3-8,27H,1-2,9-25H2,(H,38,46)(H,49,50)(H,51,52)(H,53,54)(H,55,56)/t27-/m1/s1. The van der Waals surface area contributed by atoms with Gasteiger partial charge in [-0.15, -0.1) is 0 Å². The fourth-order valence-corrected chi connectivity index (χ4v) is 6.16. The van der Waals surface area contributed by atoms with E-state index in [0.29, 0.717) is 17.7 Å². The first kappa shape index (κ1) is 45.8. The van der Waals surface area contributed by atoms with Gasteiger partial charge in [0.25, 0.3) is 11.8 Å². The van der Waals surface area contributed by atoms with E-state index in [1.54, 1.807) is 43.9 Å². The third-order valence-corrected chi connectivity index (χ3v) is 9.22. The summed E-state index contributed by atoms with van der Waals surface area (Å²) in [7, 11) is 0. The Balaban J connectivity index is 1.48. The molecule has 3 amide bonds. The van der Waals surface area contributed by atoms with E-state index in [0.717, 1.165) is 4.90 Å². The first-order valence-electron chi connectivity index (χ1n) is 18.4. The lowest BCUT2D eigenvalue weighted by atomic mass is 9.94. The molecule has 0 aliphatic carbocycles. The summed E-state index contributed by atoms with van der Waals surface area (Å²) in [6.45, 7) is -0.0122. The SMILES string of the molecule is O=C(O)CN1CCN(CC(=O)O)CCN(CC(=O)NCC(=O)C[C@@H](Cc2ccc(OCC(=O)CCCN3C(=O)C=CC3=O)cc2)C(=O)O)CCN(CC(=O)O)CC1. The number of benzene rings is 1. The molecule has 1 aromatic carbocycles. The minimum absolute atomic E-state index is 0.00143. The smallest absolute Gasteiger partial charge is 0.317 e. The van der Waals surface area contributed by atoms with Gasteiger partial charge < -0.3 is 30.5 Å². The maximum Gasteiger partial charge on any atom is 0.317 e. The Labute approximate surface area is 328 Å². The number of carbonyl (C=O) groups excluding carboxylic acids is 5. The second-order valence-electron chi connectivity index (χ2n) is 13.8. The monoisotopic (exact) mass is 802 g/mol. The van der Waals surface area contributed by atoms with E-state index in [1.165, 1.54) is 12.2 Å². The van der Waals surface area contributed by atoms with Crippen LogP contribution in [0.4, 0.5) is 0 Å². The van der Waals surface area contributed by atoms with Crippen LogP contribution < -0.4 is 10.1 Å². The van der Waals surface area contributed by atoms with Crippen molar-refractivity contribution in [3.63, 3.8) is 0 Å². The van der Waals surface area contributed by atoms with E-state index in [1.807, 2.05) is 0 Å². The fourth-order valence-electron chi connectivity index (χ4n) is 6.16. The van der Waals surface area contributed by atoms with Gasteiger partial charge in [0.05, 0.1) is 38.6 Å². The Kier molecular flexibility index (Phi) is 18.9. The highest BCUT2D eigenvalue weighted by Crippen LogP contribution is 2.18. The first-order valence-corrected chi connectivity index (χ1v) is 18.4. The Morgan fingerprint density at radius 3 is 1.54 bits per heavy atom. The minimum Gasteiger partial charge on any atom is -0.486 e. The number of carboxylic acid groups (broad SMARTS) is 4. The number of imide groups is 1. The zero-order chi connectivity index (χ0) is 41.9. The number of carbonyl (C=O) groups is 9. The maximum atomic E-state index is 13.0. The number of aliphatic carboxylic acids is 4. The molecule has 1 aromatic rings. The van der Waals surface area contributed by atoms with Crippen LogP contribution in [-0.4, -0.2) is 196 Å². The van der Waals surface area contributed by atoms with Gasteiger partial charge in [0, 0.05) is 83.9 Å². The molecule has 2 heterocycles. The number of ketones is 2. The number of hydrogen-bond donors (Lipinski definition) is 5. The van der Waals surface area contributed by atoms with E-state index in [9.17, 15) is 63.6 Å². The summed E-state index contributed by atoms with van der Waals surface area (Å²) in [6.07, 6.45) is 2.36. The highest BCUT2D eigenvalue weighted by molar-refractivity contribution is 6.12. The van der Waals surface area contributed by atoms with Gasteiger partial charge in [-0.05, 0) is 30.5 Å². The summed E-state index contributed by atoms with van der Waals surface area (Å²) in [6, 6.07) is 6.34. The molecule has 57 heavy (non-hydrogen) atoms. The third kappa shape index (κ3) is 17.8. The Bertz CT molecular complexity index is 1600. The number of nitrogens with one attached hydrogen (secondary N) is 1. The quantitative estimate of drug-likeness (QED) is 0.0804. The van der Waals surface area contributed by atoms with Crippen LogP contribution in [0.5, 0.6) is 5.75 Å². The van der Waals surface area contributed by atoms with Gasteiger partial charge in [-0.3, -0.25) is 67.7 Å². The molecule has 1 fully saturated rings. The van der Waals surface area contributed by atoms with E-state index < -0.39 is 59.8 Å². The molecule has 2 aliphatic rings. The van der Waals surface area contributed by atoms with Gasteiger partial charge in [-0.1, -0.05) is 12.1 Å². The summed E-state index contributed by atoms with van der Waals surface area (Å²) >= 11 is 0. The van der Waals surface area contributed by atoms with Crippen LogP contribution >= 0.6 is 0 Å². The summed E-state index contributed by atoms with van der Waals surface area (Å²) in [5.74, 6) is -7.35. The van der Waals surface area contributed by atoms with E-state index in [-0.39, 0.29) is 117 Å². The van der Waals surface area contributed by atoms with Gasteiger partial charge in [-0.25, -0.2) is 0 Å². The molecular weight excluding hydrogens is 752 g/mol. The van der Waals surface area contributed by atoms with Crippen LogP contribution in [0.1, 0.15) is 24.8 Å². The molecule has 1 saturated heterocycles. The van der Waals surface area contributed by atoms with Crippen LogP contribution in [0.3, 0.4) is 0 Å². The fraction of sp³-hybridized carbons (Fsp3) is 0.541. The predicted molar refractivity (Wildman–Crippen MR) is 198 cm³/mol. The summed E-state index contributed by atoms with van der Waals surface area (Å²) in [5, 5.41) is 40.5. The van der Waals surface area contributed by atoms with Crippen LogP contribution in [-0.2, 0) is 49.6 Å². The number of rotatable bonds is 22. The summed E-state index contributed by atoms with van der Waals surface area (Å²) in [5.41, 5.74) is 0.588. The van der Waals surface area contributed by atoms with Crippen molar-refractivity contribution in [3.05, 3.63) is 42.0 Å². The zero-order valence-electron chi connectivity index (χ0n) is 31.6. The number of hydrogen-bond acceptors (Lipinski definition) is 14. The molecule has 0 radical (unpaired) electrons.